The zero-order valence-corrected chi connectivity index (χ0v) is 10.9. The third-order valence-corrected chi connectivity index (χ3v) is 2.56. The first kappa shape index (κ1) is 13.2. The van der Waals surface area contributed by atoms with Crippen molar-refractivity contribution >= 4 is 27.5 Å². The molecule has 16 heavy (non-hydrogen) atoms. The van der Waals surface area contributed by atoms with Crippen molar-refractivity contribution < 1.29 is 9.53 Å². The molecule has 1 rings (SSSR count). The molecule has 0 saturated carbocycles. The molecule has 1 aromatic rings. The topological polar surface area (TPSA) is 64.3 Å². The van der Waals surface area contributed by atoms with Crippen LogP contribution in [0.3, 0.4) is 0 Å². The van der Waals surface area contributed by atoms with Gasteiger partial charge in [0.1, 0.15) is 6.10 Å². The lowest BCUT2D eigenvalue weighted by Crippen LogP contribution is -2.35. The second kappa shape index (κ2) is 5.98. The van der Waals surface area contributed by atoms with E-state index in [1.165, 1.54) is 7.11 Å². The van der Waals surface area contributed by atoms with Gasteiger partial charge in [-0.3, -0.25) is 4.79 Å². The third-order valence-electron chi connectivity index (χ3n) is 2.10. The van der Waals surface area contributed by atoms with Gasteiger partial charge in [0, 0.05) is 23.8 Å². The number of benzene rings is 1. The number of ether oxygens (including phenoxy) is 1. The Hall–Kier alpha value is -0.910. The van der Waals surface area contributed by atoms with Crippen LogP contribution in [0.2, 0.25) is 0 Å². The molecule has 1 atom stereocenters. The van der Waals surface area contributed by atoms with Gasteiger partial charge in [-0.2, -0.15) is 0 Å². The van der Waals surface area contributed by atoms with E-state index in [2.05, 4.69) is 21.2 Å². The van der Waals surface area contributed by atoms with Crippen LogP contribution in [-0.4, -0.2) is 25.7 Å². The van der Waals surface area contributed by atoms with Gasteiger partial charge in [0.25, 0.3) is 5.91 Å². The molecule has 0 aliphatic rings. The maximum absolute atomic E-state index is 11.7. The summed E-state index contributed by atoms with van der Waals surface area (Å²) in [4.78, 5) is 11.7. The van der Waals surface area contributed by atoms with E-state index in [0.717, 1.165) is 15.7 Å². The number of aryl methyl sites for hydroxylation is 1. The Morgan fingerprint density at radius 1 is 1.56 bits per heavy atom. The lowest BCUT2D eigenvalue weighted by molar-refractivity contribution is -0.125. The lowest BCUT2D eigenvalue weighted by Gasteiger charge is -2.13. The molecule has 0 aromatic heterocycles. The van der Waals surface area contributed by atoms with E-state index in [0.29, 0.717) is 0 Å². The zero-order valence-electron chi connectivity index (χ0n) is 9.29. The molecule has 0 spiro atoms. The normalized spacial score (nSPS) is 12.2. The van der Waals surface area contributed by atoms with Gasteiger partial charge in [0.15, 0.2) is 0 Å². The molecule has 4 nitrogen and oxygen atoms in total. The molecule has 0 radical (unpaired) electrons. The van der Waals surface area contributed by atoms with Gasteiger partial charge < -0.3 is 15.8 Å². The van der Waals surface area contributed by atoms with Crippen LogP contribution in [0.5, 0.6) is 0 Å². The van der Waals surface area contributed by atoms with Crippen LogP contribution in [0.15, 0.2) is 22.7 Å². The fourth-order valence-corrected chi connectivity index (χ4v) is 1.95. The Balaban J connectivity index is 2.76. The fraction of sp³-hybridized carbons (Fsp3) is 0.364. The Bertz CT molecular complexity index is 358. The monoisotopic (exact) mass is 286 g/mol. The van der Waals surface area contributed by atoms with Gasteiger partial charge >= 0.3 is 0 Å². The average molecular weight is 287 g/mol. The maximum atomic E-state index is 11.7. The smallest absolute Gasteiger partial charge is 0.254 e. The molecular formula is C11H15BrN2O2. The summed E-state index contributed by atoms with van der Waals surface area (Å²) in [5.41, 5.74) is 7.19. The Kier molecular flexibility index (Phi) is 4.92. The number of methoxy groups -OCH3 is 1. The Morgan fingerprint density at radius 3 is 2.75 bits per heavy atom. The predicted molar refractivity (Wildman–Crippen MR) is 67.4 cm³/mol. The molecule has 1 unspecified atom stereocenters. The van der Waals surface area contributed by atoms with Crippen LogP contribution in [0.25, 0.3) is 0 Å². The molecule has 5 heteroatoms. The molecule has 3 N–H and O–H groups in total. The summed E-state index contributed by atoms with van der Waals surface area (Å²) in [7, 11) is 1.46. The minimum absolute atomic E-state index is 0.162. The summed E-state index contributed by atoms with van der Waals surface area (Å²) >= 11 is 3.37. The Labute approximate surface area is 103 Å². The minimum atomic E-state index is -0.612. The maximum Gasteiger partial charge on any atom is 0.254 e. The van der Waals surface area contributed by atoms with Crippen molar-refractivity contribution in [1.29, 1.82) is 0 Å². The number of nitrogens with two attached hydrogens (primary N) is 1. The number of amides is 1. The van der Waals surface area contributed by atoms with E-state index in [1.807, 2.05) is 25.1 Å². The van der Waals surface area contributed by atoms with Crippen LogP contribution < -0.4 is 11.1 Å². The predicted octanol–water partition coefficient (Wildman–Crippen LogP) is 1.67. The number of nitrogens with one attached hydrogen (secondary N) is 1. The second-order valence-corrected chi connectivity index (χ2v) is 4.38. The van der Waals surface area contributed by atoms with Crippen molar-refractivity contribution in [3.05, 3.63) is 28.2 Å². The SMILES string of the molecule is COC(CN)C(=O)Nc1cc(C)cc(Br)c1. The number of halogens is 1. The third kappa shape index (κ3) is 3.59. The molecule has 0 saturated heterocycles. The Morgan fingerprint density at radius 2 is 2.25 bits per heavy atom. The fourth-order valence-electron chi connectivity index (χ4n) is 1.34. The number of anilines is 1. The first-order valence-corrected chi connectivity index (χ1v) is 5.67. The summed E-state index contributed by atoms with van der Waals surface area (Å²) in [6.45, 7) is 2.12. The van der Waals surface area contributed by atoms with Gasteiger partial charge in [-0.25, -0.2) is 0 Å². The van der Waals surface area contributed by atoms with Crippen LogP contribution in [0.4, 0.5) is 5.69 Å². The summed E-state index contributed by atoms with van der Waals surface area (Å²) in [5, 5.41) is 2.75. The van der Waals surface area contributed by atoms with Gasteiger partial charge in [0.2, 0.25) is 0 Å². The van der Waals surface area contributed by atoms with E-state index >= 15 is 0 Å². The van der Waals surface area contributed by atoms with Crippen molar-refractivity contribution in [2.75, 3.05) is 19.0 Å². The van der Waals surface area contributed by atoms with E-state index < -0.39 is 6.10 Å². The highest BCUT2D eigenvalue weighted by molar-refractivity contribution is 9.10. The van der Waals surface area contributed by atoms with Crippen LogP contribution in [0, 0.1) is 6.92 Å². The number of carbonyl (C=O) groups is 1. The zero-order chi connectivity index (χ0) is 12.1. The van der Waals surface area contributed by atoms with Gasteiger partial charge in [-0.1, -0.05) is 15.9 Å². The number of hydrogen-bond acceptors (Lipinski definition) is 3. The lowest BCUT2D eigenvalue weighted by atomic mass is 10.2. The van der Waals surface area contributed by atoms with Crippen molar-refractivity contribution in [2.24, 2.45) is 5.73 Å². The first-order valence-electron chi connectivity index (χ1n) is 4.87. The highest BCUT2D eigenvalue weighted by atomic mass is 79.9. The van der Waals surface area contributed by atoms with E-state index in [1.54, 1.807) is 0 Å². The standard InChI is InChI=1S/C11H15BrN2O2/c1-7-3-8(12)5-9(4-7)14-11(15)10(6-13)16-2/h3-5,10H,6,13H2,1-2H3,(H,14,15). The quantitative estimate of drug-likeness (QED) is 0.885. The van der Waals surface area contributed by atoms with E-state index in [9.17, 15) is 4.79 Å². The number of carbonyl (C=O) groups excluding carboxylic acids is 1. The summed E-state index contributed by atoms with van der Waals surface area (Å²) < 4.78 is 5.87. The van der Waals surface area contributed by atoms with Crippen LogP contribution in [-0.2, 0) is 9.53 Å². The highest BCUT2D eigenvalue weighted by Crippen LogP contribution is 2.19. The van der Waals surface area contributed by atoms with Crippen molar-refractivity contribution in [3.8, 4) is 0 Å². The van der Waals surface area contributed by atoms with Gasteiger partial charge in [-0.15, -0.1) is 0 Å². The van der Waals surface area contributed by atoms with Crippen molar-refractivity contribution in [2.45, 2.75) is 13.0 Å². The molecular weight excluding hydrogens is 272 g/mol. The average Bonchev–Trinajstić information content (AvgIpc) is 2.17. The minimum Gasteiger partial charge on any atom is -0.370 e. The van der Waals surface area contributed by atoms with Crippen LogP contribution >= 0.6 is 15.9 Å². The summed E-state index contributed by atoms with van der Waals surface area (Å²) in [6, 6.07) is 5.67. The molecule has 88 valence electrons. The van der Waals surface area contributed by atoms with E-state index in [-0.39, 0.29) is 12.5 Å². The summed E-state index contributed by atoms with van der Waals surface area (Å²) in [5.74, 6) is -0.234. The molecule has 0 aliphatic heterocycles. The molecule has 0 bridgehead atoms. The second-order valence-electron chi connectivity index (χ2n) is 3.47. The van der Waals surface area contributed by atoms with Crippen molar-refractivity contribution in [3.63, 3.8) is 0 Å². The van der Waals surface area contributed by atoms with Crippen molar-refractivity contribution in [1.82, 2.24) is 0 Å². The number of hydrogen-bond donors (Lipinski definition) is 2. The first-order chi connectivity index (χ1) is 7.56. The molecule has 0 heterocycles. The highest BCUT2D eigenvalue weighted by Gasteiger charge is 2.15. The summed E-state index contributed by atoms with van der Waals surface area (Å²) in [6.07, 6.45) is -0.612. The largest absolute Gasteiger partial charge is 0.370 e. The number of rotatable bonds is 4. The molecule has 1 aromatic carbocycles. The molecule has 0 fully saturated rings. The molecule has 0 aliphatic carbocycles. The van der Waals surface area contributed by atoms with Crippen LogP contribution in [0.1, 0.15) is 5.56 Å². The molecule has 1 amide bonds. The van der Waals surface area contributed by atoms with Gasteiger partial charge in [0.05, 0.1) is 0 Å². The van der Waals surface area contributed by atoms with Gasteiger partial charge in [-0.05, 0) is 30.7 Å². The van der Waals surface area contributed by atoms with E-state index in [4.69, 9.17) is 10.5 Å².